The monoisotopic (exact) mass is 282 g/mol. The van der Waals surface area contributed by atoms with Gasteiger partial charge < -0.3 is 5.11 Å². The van der Waals surface area contributed by atoms with Gasteiger partial charge >= 0.3 is 5.97 Å². The molecule has 92 valence electrons. The Hall–Kier alpha value is -1.65. The molecule has 1 N–H and O–H groups in total. The first kappa shape index (κ1) is 12.8. The molecule has 2 rings (SSSR count). The number of benzene rings is 1. The van der Waals surface area contributed by atoms with E-state index in [0.717, 1.165) is 0 Å². The van der Waals surface area contributed by atoms with E-state index in [2.05, 4.69) is 9.97 Å². The minimum absolute atomic E-state index is 0.0522. The molecule has 0 radical (unpaired) electrons. The number of carboxylic acid groups (broad SMARTS) is 1. The van der Waals surface area contributed by atoms with Gasteiger partial charge in [0.05, 0.1) is 10.0 Å². The number of aromatic carboxylic acids is 1. The van der Waals surface area contributed by atoms with Crippen molar-refractivity contribution in [1.29, 1.82) is 0 Å². The Morgan fingerprint density at radius 3 is 2.50 bits per heavy atom. The van der Waals surface area contributed by atoms with Crippen molar-refractivity contribution in [1.82, 2.24) is 9.97 Å². The van der Waals surface area contributed by atoms with Gasteiger partial charge in [-0.1, -0.05) is 23.2 Å². The third-order valence-electron chi connectivity index (χ3n) is 2.25. The fourth-order valence-corrected chi connectivity index (χ4v) is 1.74. The molecule has 0 amide bonds. The van der Waals surface area contributed by atoms with Crippen LogP contribution in [-0.2, 0) is 0 Å². The molecule has 1 aromatic carbocycles. The smallest absolute Gasteiger partial charge is 0.354 e. The average Bonchev–Trinajstić information content (AvgIpc) is 2.31. The van der Waals surface area contributed by atoms with Gasteiger partial charge in [0, 0.05) is 11.3 Å². The Morgan fingerprint density at radius 2 is 1.89 bits per heavy atom. The number of carboxylic acids is 1. The summed E-state index contributed by atoms with van der Waals surface area (Å²) >= 11 is 11.7. The second-order valence-electron chi connectivity index (χ2n) is 3.65. The van der Waals surface area contributed by atoms with Gasteiger partial charge in [0.2, 0.25) is 0 Å². The van der Waals surface area contributed by atoms with Crippen molar-refractivity contribution in [3.8, 4) is 11.4 Å². The van der Waals surface area contributed by atoms with Crippen LogP contribution in [0.1, 0.15) is 16.2 Å². The molecule has 0 aliphatic rings. The van der Waals surface area contributed by atoms with Gasteiger partial charge in [-0.3, -0.25) is 0 Å². The predicted molar refractivity (Wildman–Crippen MR) is 69.2 cm³/mol. The van der Waals surface area contributed by atoms with Crippen LogP contribution >= 0.6 is 23.2 Å². The zero-order valence-corrected chi connectivity index (χ0v) is 10.8. The largest absolute Gasteiger partial charge is 0.477 e. The van der Waals surface area contributed by atoms with Crippen molar-refractivity contribution < 1.29 is 9.90 Å². The molecule has 2 aromatic rings. The molecule has 0 fully saturated rings. The number of aromatic nitrogens is 2. The quantitative estimate of drug-likeness (QED) is 0.916. The van der Waals surface area contributed by atoms with Crippen LogP contribution in [0.5, 0.6) is 0 Å². The van der Waals surface area contributed by atoms with Gasteiger partial charge in [0.25, 0.3) is 0 Å². The molecule has 0 saturated carbocycles. The van der Waals surface area contributed by atoms with E-state index in [4.69, 9.17) is 28.3 Å². The normalized spacial score (nSPS) is 10.4. The Labute approximate surface area is 113 Å². The summed E-state index contributed by atoms with van der Waals surface area (Å²) in [6, 6.07) is 6.31. The van der Waals surface area contributed by atoms with E-state index in [-0.39, 0.29) is 5.69 Å². The summed E-state index contributed by atoms with van der Waals surface area (Å²) in [6.07, 6.45) is 0. The lowest BCUT2D eigenvalue weighted by atomic mass is 10.2. The lowest BCUT2D eigenvalue weighted by Gasteiger charge is -2.04. The molecule has 18 heavy (non-hydrogen) atoms. The number of hydrogen-bond donors (Lipinski definition) is 1. The summed E-state index contributed by atoms with van der Waals surface area (Å²) in [7, 11) is 0. The third-order valence-corrected chi connectivity index (χ3v) is 2.99. The molecule has 6 heteroatoms. The van der Waals surface area contributed by atoms with Crippen molar-refractivity contribution >= 4 is 29.2 Å². The van der Waals surface area contributed by atoms with Gasteiger partial charge in [-0.2, -0.15) is 0 Å². The number of halogens is 2. The standard InChI is InChI=1S/C12H8Cl2N2O2/c1-6-4-10(12(17)18)16-11(15-6)7-2-3-8(13)9(14)5-7/h2-5H,1H3,(H,17,18). The van der Waals surface area contributed by atoms with Crippen LogP contribution < -0.4 is 0 Å². The highest BCUT2D eigenvalue weighted by atomic mass is 35.5. The van der Waals surface area contributed by atoms with E-state index in [1.54, 1.807) is 25.1 Å². The van der Waals surface area contributed by atoms with E-state index in [9.17, 15) is 4.79 Å². The number of carbonyl (C=O) groups is 1. The summed E-state index contributed by atoms with van der Waals surface area (Å²) in [4.78, 5) is 19.1. The predicted octanol–water partition coefficient (Wildman–Crippen LogP) is 3.46. The summed E-state index contributed by atoms with van der Waals surface area (Å²) < 4.78 is 0. The number of hydrogen-bond acceptors (Lipinski definition) is 3. The first-order valence-corrected chi connectivity index (χ1v) is 5.77. The highest BCUT2D eigenvalue weighted by Crippen LogP contribution is 2.27. The third kappa shape index (κ3) is 2.60. The minimum Gasteiger partial charge on any atom is -0.477 e. The topological polar surface area (TPSA) is 63.1 Å². The summed E-state index contributed by atoms with van der Waals surface area (Å²) in [5, 5.41) is 9.74. The van der Waals surface area contributed by atoms with Crippen LogP contribution in [0.15, 0.2) is 24.3 Å². The zero-order valence-electron chi connectivity index (χ0n) is 9.32. The van der Waals surface area contributed by atoms with Crippen LogP contribution in [0.3, 0.4) is 0 Å². The SMILES string of the molecule is Cc1cc(C(=O)O)nc(-c2ccc(Cl)c(Cl)c2)n1. The van der Waals surface area contributed by atoms with Gasteiger partial charge in [-0.05, 0) is 31.2 Å². The lowest BCUT2D eigenvalue weighted by Crippen LogP contribution is -2.04. The van der Waals surface area contributed by atoms with Gasteiger partial charge in [-0.25, -0.2) is 14.8 Å². The van der Waals surface area contributed by atoms with Crippen molar-refractivity contribution in [2.24, 2.45) is 0 Å². The van der Waals surface area contributed by atoms with Crippen LogP contribution in [0.2, 0.25) is 10.0 Å². The molecule has 0 unspecified atom stereocenters. The Balaban J connectivity index is 2.56. The van der Waals surface area contributed by atoms with E-state index in [0.29, 0.717) is 27.1 Å². The van der Waals surface area contributed by atoms with Crippen molar-refractivity contribution in [2.45, 2.75) is 6.92 Å². The molecular formula is C12H8Cl2N2O2. The first-order chi connectivity index (χ1) is 8.47. The van der Waals surface area contributed by atoms with E-state index < -0.39 is 5.97 Å². The van der Waals surface area contributed by atoms with E-state index in [1.807, 2.05) is 0 Å². The van der Waals surface area contributed by atoms with Crippen molar-refractivity contribution in [3.63, 3.8) is 0 Å². The molecule has 0 aliphatic carbocycles. The molecule has 0 bridgehead atoms. The van der Waals surface area contributed by atoms with Crippen LogP contribution in [0.4, 0.5) is 0 Å². The minimum atomic E-state index is -1.10. The highest BCUT2D eigenvalue weighted by molar-refractivity contribution is 6.42. The van der Waals surface area contributed by atoms with Crippen LogP contribution in [0, 0.1) is 6.92 Å². The molecule has 1 aromatic heterocycles. The Kier molecular flexibility index (Phi) is 3.50. The summed E-state index contributed by atoms with van der Waals surface area (Å²) in [6.45, 7) is 1.70. The zero-order chi connectivity index (χ0) is 13.3. The maximum atomic E-state index is 10.9. The average molecular weight is 283 g/mol. The van der Waals surface area contributed by atoms with Gasteiger partial charge in [0.15, 0.2) is 11.5 Å². The van der Waals surface area contributed by atoms with Crippen LogP contribution in [0.25, 0.3) is 11.4 Å². The maximum absolute atomic E-state index is 10.9. The molecule has 0 aliphatic heterocycles. The van der Waals surface area contributed by atoms with E-state index in [1.165, 1.54) is 6.07 Å². The Morgan fingerprint density at radius 1 is 1.17 bits per heavy atom. The van der Waals surface area contributed by atoms with Crippen LogP contribution in [-0.4, -0.2) is 21.0 Å². The Bertz CT molecular complexity index is 629. The molecular weight excluding hydrogens is 275 g/mol. The fourth-order valence-electron chi connectivity index (χ4n) is 1.44. The van der Waals surface area contributed by atoms with Gasteiger partial charge in [-0.15, -0.1) is 0 Å². The fraction of sp³-hybridized carbons (Fsp3) is 0.0833. The maximum Gasteiger partial charge on any atom is 0.354 e. The summed E-state index contributed by atoms with van der Waals surface area (Å²) in [5.41, 5.74) is 1.14. The second-order valence-corrected chi connectivity index (χ2v) is 4.47. The van der Waals surface area contributed by atoms with E-state index >= 15 is 0 Å². The number of nitrogens with zero attached hydrogens (tertiary/aromatic N) is 2. The summed E-state index contributed by atoms with van der Waals surface area (Å²) in [5.74, 6) is -0.784. The molecule has 4 nitrogen and oxygen atoms in total. The number of aryl methyl sites for hydroxylation is 1. The highest BCUT2D eigenvalue weighted by Gasteiger charge is 2.11. The number of rotatable bonds is 2. The van der Waals surface area contributed by atoms with Gasteiger partial charge in [0.1, 0.15) is 0 Å². The molecule has 0 atom stereocenters. The molecule has 0 spiro atoms. The van der Waals surface area contributed by atoms with Crippen molar-refractivity contribution in [2.75, 3.05) is 0 Å². The second kappa shape index (κ2) is 4.92. The molecule has 1 heterocycles. The molecule has 0 saturated heterocycles. The van der Waals surface area contributed by atoms with Crippen molar-refractivity contribution in [3.05, 3.63) is 45.7 Å². The first-order valence-electron chi connectivity index (χ1n) is 5.02. The lowest BCUT2D eigenvalue weighted by molar-refractivity contribution is 0.0690.